The van der Waals surface area contributed by atoms with Gasteiger partial charge in [0.1, 0.15) is 0 Å². The molecule has 3 heteroatoms. The van der Waals surface area contributed by atoms with Crippen LogP contribution in [0.5, 0.6) is 0 Å². The predicted molar refractivity (Wildman–Crippen MR) is 51.4 cm³/mol. The molecule has 0 bridgehead atoms. The third-order valence-corrected chi connectivity index (χ3v) is 2.19. The van der Waals surface area contributed by atoms with E-state index in [1.165, 1.54) is 0 Å². The Morgan fingerprint density at radius 1 is 1.75 bits per heavy atom. The van der Waals surface area contributed by atoms with E-state index in [1.807, 2.05) is 13.1 Å². The second-order valence-corrected chi connectivity index (χ2v) is 3.11. The maximum atomic E-state index is 5.88. The van der Waals surface area contributed by atoms with Crippen molar-refractivity contribution in [1.29, 1.82) is 0 Å². The Bertz CT molecular complexity index is 190. The lowest BCUT2D eigenvalue weighted by Crippen LogP contribution is -2.16. The summed E-state index contributed by atoms with van der Waals surface area (Å²) in [5.41, 5.74) is 7.68. The molecular weight excluding hydrogens is 150 g/mol. The fourth-order valence-corrected chi connectivity index (χ4v) is 1.33. The van der Waals surface area contributed by atoms with Crippen molar-refractivity contribution in [1.82, 2.24) is 10.6 Å². The zero-order chi connectivity index (χ0) is 8.97. The first-order chi connectivity index (χ1) is 5.74. The van der Waals surface area contributed by atoms with Gasteiger partial charge < -0.3 is 16.4 Å². The summed E-state index contributed by atoms with van der Waals surface area (Å²) < 4.78 is 0. The van der Waals surface area contributed by atoms with Crippen LogP contribution in [0.4, 0.5) is 0 Å². The lowest BCUT2D eigenvalue weighted by atomic mass is 10.0. The van der Waals surface area contributed by atoms with Gasteiger partial charge in [-0.3, -0.25) is 0 Å². The predicted octanol–water partition coefficient (Wildman–Crippen LogP) is 0.172. The Hall–Kier alpha value is -0.960. The van der Waals surface area contributed by atoms with Crippen molar-refractivity contribution >= 4 is 0 Å². The van der Waals surface area contributed by atoms with E-state index in [1.54, 1.807) is 0 Å². The highest BCUT2D eigenvalue weighted by Gasteiger charge is 2.16. The molecule has 0 spiro atoms. The van der Waals surface area contributed by atoms with Crippen molar-refractivity contribution in [3.8, 4) is 0 Å². The molecule has 1 aliphatic heterocycles. The van der Waals surface area contributed by atoms with Crippen LogP contribution in [0.2, 0.25) is 0 Å². The fourth-order valence-electron chi connectivity index (χ4n) is 1.33. The van der Waals surface area contributed by atoms with E-state index >= 15 is 0 Å². The highest BCUT2D eigenvalue weighted by atomic mass is 14.9. The van der Waals surface area contributed by atoms with Gasteiger partial charge in [0.2, 0.25) is 0 Å². The quantitative estimate of drug-likeness (QED) is 0.525. The number of allylic oxidation sites excluding steroid dienone is 1. The average Bonchev–Trinajstić information content (AvgIpc) is 2.56. The molecule has 1 unspecified atom stereocenters. The van der Waals surface area contributed by atoms with E-state index in [2.05, 4.69) is 17.2 Å². The summed E-state index contributed by atoms with van der Waals surface area (Å²) in [6.45, 7) is 5.87. The number of rotatable bonds is 3. The molecule has 0 aromatic heterocycles. The van der Waals surface area contributed by atoms with Crippen LogP contribution in [0.3, 0.4) is 0 Å². The number of hydrogen-bond donors (Lipinski definition) is 3. The molecule has 0 saturated carbocycles. The van der Waals surface area contributed by atoms with Crippen LogP contribution in [0.1, 0.15) is 6.42 Å². The fraction of sp³-hybridized carbons (Fsp3) is 0.556. The SMILES string of the molecule is C=C(/C=C(\N)C1CCNC1)NC. The van der Waals surface area contributed by atoms with Gasteiger partial charge in [-0.25, -0.2) is 0 Å². The van der Waals surface area contributed by atoms with Crippen LogP contribution >= 0.6 is 0 Å². The third kappa shape index (κ3) is 2.27. The minimum Gasteiger partial charge on any atom is -0.402 e. The van der Waals surface area contributed by atoms with Crippen LogP contribution in [0.25, 0.3) is 0 Å². The summed E-state index contributed by atoms with van der Waals surface area (Å²) in [4.78, 5) is 0. The second kappa shape index (κ2) is 4.16. The summed E-state index contributed by atoms with van der Waals surface area (Å²) in [7, 11) is 1.85. The van der Waals surface area contributed by atoms with Crippen LogP contribution in [0, 0.1) is 5.92 Å². The smallest absolute Gasteiger partial charge is 0.0281 e. The molecule has 4 N–H and O–H groups in total. The molecule has 12 heavy (non-hydrogen) atoms. The van der Waals surface area contributed by atoms with E-state index in [-0.39, 0.29) is 0 Å². The molecule has 1 heterocycles. The van der Waals surface area contributed by atoms with Gasteiger partial charge >= 0.3 is 0 Å². The monoisotopic (exact) mass is 167 g/mol. The number of likely N-dealkylation sites (N-methyl/N-ethyl adjacent to an activating group) is 1. The van der Waals surface area contributed by atoms with Gasteiger partial charge in [0.05, 0.1) is 0 Å². The number of hydrogen-bond acceptors (Lipinski definition) is 3. The zero-order valence-electron chi connectivity index (χ0n) is 7.56. The maximum Gasteiger partial charge on any atom is 0.0281 e. The molecule has 3 nitrogen and oxygen atoms in total. The molecule has 1 fully saturated rings. The van der Waals surface area contributed by atoms with Gasteiger partial charge in [-0.1, -0.05) is 6.58 Å². The summed E-state index contributed by atoms with van der Waals surface area (Å²) in [5.74, 6) is 0.495. The minimum atomic E-state index is 0.495. The Morgan fingerprint density at radius 2 is 2.50 bits per heavy atom. The lowest BCUT2D eigenvalue weighted by Gasteiger charge is -2.09. The maximum absolute atomic E-state index is 5.88. The topological polar surface area (TPSA) is 50.1 Å². The molecule has 68 valence electrons. The molecule has 1 saturated heterocycles. The Kier molecular flexibility index (Phi) is 3.17. The Balaban J connectivity index is 2.49. The summed E-state index contributed by atoms with van der Waals surface area (Å²) in [6.07, 6.45) is 3.05. The Labute approximate surface area is 73.7 Å². The summed E-state index contributed by atoms with van der Waals surface area (Å²) in [5, 5.41) is 6.22. The molecular formula is C9H17N3. The van der Waals surface area contributed by atoms with Crippen molar-refractivity contribution in [3.05, 3.63) is 24.0 Å². The first-order valence-electron chi connectivity index (χ1n) is 4.28. The van der Waals surface area contributed by atoms with Gasteiger partial charge in [-0.15, -0.1) is 0 Å². The van der Waals surface area contributed by atoms with E-state index in [4.69, 9.17) is 5.73 Å². The first-order valence-corrected chi connectivity index (χ1v) is 4.28. The van der Waals surface area contributed by atoms with Gasteiger partial charge in [-0.2, -0.15) is 0 Å². The van der Waals surface area contributed by atoms with Crippen molar-refractivity contribution in [2.45, 2.75) is 6.42 Å². The van der Waals surface area contributed by atoms with Crippen molar-refractivity contribution in [2.24, 2.45) is 11.7 Å². The summed E-state index contributed by atoms with van der Waals surface area (Å²) >= 11 is 0. The van der Waals surface area contributed by atoms with E-state index in [0.717, 1.165) is 30.9 Å². The van der Waals surface area contributed by atoms with Gasteiger partial charge in [0.15, 0.2) is 0 Å². The van der Waals surface area contributed by atoms with Crippen LogP contribution in [-0.4, -0.2) is 20.1 Å². The minimum absolute atomic E-state index is 0.495. The zero-order valence-corrected chi connectivity index (χ0v) is 7.56. The standard InChI is InChI=1S/C9H17N3/c1-7(11-2)5-9(10)8-3-4-12-6-8/h5,8,11-12H,1,3-4,6,10H2,2H3/b9-5-. The van der Waals surface area contributed by atoms with Crippen molar-refractivity contribution in [3.63, 3.8) is 0 Å². The van der Waals surface area contributed by atoms with Crippen molar-refractivity contribution in [2.75, 3.05) is 20.1 Å². The molecule has 1 rings (SSSR count). The number of nitrogens with one attached hydrogen (secondary N) is 2. The molecule has 0 aromatic carbocycles. The van der Waals surface area contributed by atoms with Gasteiger partial charge in [0.25, 0.3) is 0 Å². The molecule has 1 atom stereocenters. The Morgan fingerprint density at radius 3 is 3.00 bits per heavy atom. The highest BCUT2D eigenvalue weighted by molar-refractivity contribution is 5.19. The highest BCUT2D eigenvalue weighted by Crippen LogP contribution is 2.14. The van der Waals surface area contributed by atoms with Crippen LogP contribution < -0.4 is 16.4 Å². The number of nitrogens with two attached hydrogens (primary N) is 1. The van der Waals surface area contributed by atoms with E-state index in [9.17, 15) is 0 Å². The van der Waals surface area contributed by atoms with E-state index in [0.29, 0.717) is 5.92 Å². The largest absolute Gasteiger partial charge is 0.402 e. The van der Waals surface area contributed by atoms with Crippen LogP contribution in [-0.2, 0) is 0 Å². The van der Waals surface area contributed by atoms with E-state index < -0.39 is 0 Å². The normalized spacial score (nSPS) is 24.1. The van der Waals surface area contributed by atoms with Gasteiger partial charge in [-0.05, 0) is 19.0 Å². The van der Waals surface area contributed by atoms with Gasteiger partial charge in [0, 0.05) is 30.9 Å². The first kappa shape index (κ1) is 9.13. The molecule has 0 aliphatic carbocycles. The van der Waals surface area contributed by atoms with Crippen molar-refractivity contribution < 1.29 is 0 Å². The molecule has 0 amide bonds. The molecule has 1 aliphatic rings. The lowest BCUT2D eigenvalue weighted by molar-refractivity contribution is 0.671. The average molecular weight is 167 g/mol. The third-order valence-electron chi connectivity index (χ3n) is 2.19. The van der Waals surface area contributed by atoms with Crippen LogP contribution in [0.15, 0.2) is 24.0 Å². The summed E-state index contributed by atoms with van der Waals surface area (Å²) in [6, 6.07) is 0. The molecule has 0 radical (unpaired) electrons. The molecule has 0 aromatic rings. The second-order valence-electron chi connectivity index (χ2n) is 3.11.